The summed E-state index contributed by atoms with van der Waals surface area (Å²) in [5.41, 5.74) is 2.76. The topological polar surface area (TPSA) is 137 Å². The Morgan fingerprint density at radius 3 is 2.56 bits per heavy atom. The maximum absolute atomic E-state index is 12.3. The molecule has 4 rings (SSSR count). The summed E-state index contributed by atoms with van der Waals surface area (Å²) in [5.74, 6) is -0.295. The zero-order chi connectivity index (χ0) is 24.2. The van der Waals surface area contributed by atoms with Crippen molar-refractivity contribution in [2.45, 2.75) is 11.8 Å². The summed E-state index contributed by atoms with van der Waals surface area (Å²) in [6.45, 7) is 2.00. The van der Waals surface area contributed by atoms with Gasteiger partial charge >= 0.3 is 11.7 Å². The molecule has 1 aromatic heterocycles. The third-order valence-corrected chi connectivity index (χ3v) is 5.56. The molecule has 34 heavy (non-hydrogen) atoms. The second-order valence-electron chi connectivity index (χ2n) is 7.15. The van der Waals surface area contributed by atoms with Crippen LogP contribution in [-0.4, -0.2) is 29.0 Å². The van der Waals surface area contributed by atoms with Crippen molar-refractivity contribution in [3.05, 3.63) is 81.9 Å². The van der Waals surface area contributed by atoms with Gasteiger partial charge in [-0.15, -0.1) is 0 Å². The van der Waals surface area contributed by atoms with E-state index in [0.717, 1.165) is 29.1 Å². The molecular weight excluding hydrogens is 460 g/mol. The van der Waals surface area contributed by atoms with Crippen LogP contribution in [0.15, 0.2) is 70.0 Å². The quantitative estimate of drug-likeness (QED) is 0.228. The van der Waals surface area contributed by atoms with Gasteiger partial charge in [-0.3, -0.25) is 24.9 Å². The van der Waals surface area contributed by atoms with Crippen LogP contribution < -0.4 is 14.8 Å². The van der Waals surface area contributed by atoms with E-state index in [-0.39, 0.29) is 17.0 Å². The molecular formula is C23H18N4O6S. The number of hydrogen-bond donors (Lipinski definition) is 2. The third kappa shape index (κ3) is 4.99. The van der Waals surface area contributed by atoms with Crippen molar-refractivity contribution in [3.63, 3.8) is 0 Å². The van der Waals surface area contributed by atoms with Gasteiger partial charge < -0.3 is 9.15 Å². The number of benzene rings is 3. The Morgan fingerprint density at radius 1 is 1.09 bits per heavy atom. The van der Waals surface area contributed by atoms with Gasteiger partial charge in [0.1, 0.15) is 5.52 Å². The molecule has 4 aromatic rings. The molecule has 0 unspecified atom stereocenters. The number of urea groups is 1. The monoisotopic (exact) mass is 478 g/mol. The van der Waals surface area contributed by atoms with E-state index in [9.17, 15) is 19.7 Å². The molecule has 0 aliphatic heterocycles. The number of aryl methyl sites for hydroxylation is 1. The largest absolute Gasteiger partial charge is 0.490 e. The lowest BCUT2D eigenvalue weighted by molar-refractivity contribution is -0.385. The molecule has 172 valence electrons. The Morgan fingerprint density at radius 2 is 1.85 bits per heavy atom. The Bertz CT molecular complexity index is 1400. The maximum Gasteiger partial charge on any atom is 0.331 e. The number of carbonyl (C=O) groups excluding carboxylic acids is 2. The van der Waals surface area contributed by atoms with Crippen molar-refractivity contribution < 1.29 is 23.7 Å². The van der Waals surface area contributed by atoms with Gasteiger partial charge in [0, 0.05) is 22.1 Å². The first kappa shape index (κ1) is 22.8. The number of fused-ring (bicyclic) bond motifs is 1. The number of nitro groups is 1. The van der Waals surface area contributed by atoms with Crippen LogP contribution in [0.2, 0.25) is 0 Å². The molecule has 0 saturated carbocycles. The molecule has 1 heterocycles. The Hall–Kier alpha value is -4.38. The van der Waals surface area contributed by atoms with E-state index in [1.165, 1.54) is 19.2 Å². The van der Waals surface area contributed by atoms with Crippen LogP contribution >= 0.6 is 11.9 Å². The fourth-order valence-electron chi connectivity index (χ4n) is 3.07. The highest BCUT2D eigenvalue weighted by atomic mass is 32.2. The first-order chi connectivity index (χ1) is 16.3. The molecule has 0 aliphatic rings. The molecule has 0 aliphatic carbocycles. The van der Waals surface area contributed by atoms with Crippen LogP contribution in [0.1, 0.15) is 15.9 Å². The number of nitrogens with one attached hydrogen (secondary N) is 2. The van der Waals surface area contributed by atoms with E-state index in [1.807, 2.05) is 31.2 Å². The van der Waals surface area contributed by atoms with Crippen LogP contribution in [0.5, 0.6) is 5.75 Å². The molecule has 11 heteroatoms. The van der Waals surface area contributed by atoms with E-state index in [2.05, 4.69) is 15.0 Å². The lowest BCUT2D eigenvalue weighted by Gasteiger charge is -2.07. The molecule has 0 radical (unpaired) electrons. The van der Waals surface area contributed by atoms with Crippen molar-refractivity contribution in [1.82, 2.24) is 15.0 Å². The number of aromatic nitrogens is 1. The molecule has 0 bridgehead atoms. The number of methoxy groups -OCH3 is 1. The van der Waals surface area contributed by atoms with Crippen LogP contribution in [0.3, 0.4) is 0 Å². The summed E-state index contributed by atoms with van der Waals surface area (Å²) >= 11 is 0.978. The standard InChI is InChI=1S/C23H18N4O6S/c1-13-3-5-14(6-4-13)22-24-17-12-16(8-10-19(17)33-22)34-26-23(29)25-21(28)15-7-9-20(32-2)18(11-15)27(30)31/h3-12H,1-2H3,(H2,25,26,28,29). The van der Waals surface area contributed by atoms with Gasteiger partial charge in [-0.2, -0.15) is 0 Å². The SMILES string of the molecule is COc1ccc(C(=O)NC(=O)NSc2ccc3oc(-c4ccc(C)cc4)nc3c2)cc1[N+](=O)[O-]. The van der Waals surface area contributed by atoms with Crippen LogP contribution in [0.4, 0.5) is 10.5 Å². The van der Waals surface area contributed by atoms with Gasteiger partial charge in [0.25, 0.3) is 5.91 Å². The summed E-state index contributed by atoms with van der Waals surface area (Å²) < 4.78 is 13.2. The minimum absolute atomic E-state index is 0.00958. The maximum atomic E-state index is 12.3. The van der Waals surface area contributed by atoms with Crippen LogP contribution in [0, 0.1) is 17.0 Å². The highest BCUT2D eigenvalue weighted by molar-refractivity contribution is 7.98. The second-order valence-corrected chi connectivity index (χ2v) is 8.03. The molecule has 10 nitrogen and oxygen atoms in total. The van der Waals surface area contributed by atoms with Gasteiger partial charge in [-0.05, 0) is 61.3 Å². The zero-order valence-corrected chi connectivity index (χ0v) is 18.8. The zero-order valence-electron chi connectivity index (χ0n) is 18.0. The predicted octanol–water partition coefficient (Wildman–Crippen LogP) is 4.87. The number of hydrogen-bond acceptors (Lipinski definition) is 8. The molecule has 3 amide bonds. The predicted molar refractivity (Wildman–Crippen MR) is 126 cm³/mol. The number of nitrogens with zero attached hydrogens (tertiary/aromatic N) is 2. The summed E-state index contributed by atoms with van der Waals surface area (Å²) in [5, 5.41) is 13.3. The lowest BCUT2D eigenvalue weighted by atomic mass is 10.1. The van der Waals surface area contributed by atoms with Crippen molar-refractivity contribution in [1.29, 1.82) is 0 Å². The minimum Gasteiger partial charge on any atom is -0.490 e. The van der Waals surface area contributed by atoms with E-state index in [4.69, 9.17) is 9.15 Å². The number of nitro benzene ring substituents is 1. The van der Waals surface area contributed by atoms with Crippen LogP contribution in [-0.2, 0) is 0 Å². The smallest absolute Gasteiger partial charge is 0.331 e. The number of amides is 3. The van der Waals surface area contributed by atoms with E-state index >= 15 is 0 Å². The average Bonchev–Trinajstić information content (AvgIpc) is 3.26. The van der Waals surface area contributed by atoms with E-state index < -0.39 is 16.9 Å². The summed E-state index contributed by atoms with van der Waals surface area (Å²) in [6.07, 6.45) is 0. The van der Waals surface area contributed by atoms with Gasteiger partial charge in [-0.25, -0.2) is 9.78 Å². The fraction of sp³-hybridized carbons (Fsp3) is 0.0870. The number of carbonyl (C=O) groups is 2. The molecule has 0 spiro atoms. The second kappa shape index (κ2) is 9.63. The molecule has 0 fully saturated rings. The number of imide groups is 1. The minimum atomic E-state index is -0.793. The number of ether oxygens (including phenoxy) is 1. The first-order valence-corrected chi connectivity index (χ1v) is 10.7. The molecule has 0 atom stereocenters. The third-order valence-electron chi connectivity index (χ3n) is 4.78. The number of oxazole rings is 1. The Labute approximate surface area is 197 Å². The van der Waals surface area contributed by atoms with Crippen molar-refractivity contribution in [2.75, 3.05) is 7.11 Å². The molecule has 3 aromatic carbocycles. The van der Waals surface area contributed by atoms with E-state index in [0.29, 0.717) is 21.9 Å². The summed E-state index contributed by atoms with van der Waals surface area (Å²) in [6, 6.07) is 15.9. The van der Waals surface area contributed by atoms with Gasteiger partial charge in [0.05, 0.1) is 12.0 Å². The Balaban J connectivity index is 1.40. The summed E-state index contributed by atoms with van der Waals surface area (Å²) in [7, 11) is 1.28. The van der Waals surface area contributed by atoms with Crippen molar-refractivity contribution in [2.24, 2.45) is 0 Å². The van der Waals surface area contributed by atoms with Gasteiger partial charge in [0.15, 0.2) is 11.3 Å². The lowest BCUT2D eigenvalue weighted by Crippen LogP contribution is -2.36. The van der Waals surface area contributed by atoms with Gasteiger partial charge in [0.2, 0.25) is 5.89 Å². The normalized spacial score (nSPS) is 10.6. The Kier molecular flexibility index (Phi) is 6.46. The van der Waals surface area contributed by atoms with Crippen molar-refractivity contribution >= 4 is 40.7 Å². The molecule has 0 saturated heterocycles. The summed E-state index contributed by atoms with van der Waals surface area (Å²) in [4.78, 5) is 40.1. The molecule has 2 N–H and O–H groups in total. The highest BCUT2D eigenvalue weighted by Gasteiger charge is 2.19. The first-order valence-electron chi connectivity index (χ1n) is 9.92. The van der Waals surface area contributed by atoms with Gasteiger partial charge in [-0.1, -0.05) is 17.7 Å². The van der Waals surface area contributed by atoms with Crippen LogP contribution in [0.25, 0.3) is 22.6 Å². The highest BCUT2D eigenvalue weighted by Crippen LogP contribution is 2.28. The fourth-order valence-corrected chi connectivity index (χ4v) is 3.64. The average molecular weight is 478 g/mol. The number of rotatable bonds is 6. The van der Waals surface area contributed by atoms with E-state index in [1.54, 1.807) is 18.2 Å². The van der Waals surface area contributed by atoms with Crippen molar-refractivity contribution in [3.8, 4) is 17.2 Å².